The molecular weight excluding hydrogens is 388 g/mol. The number of fused-ring (bicyclic) bond motifs is 1. The molecule has 2 N–H and O–H groups in total. The van der Waals surface area contributed by atoms with Crippen LogP contribution in [0.5, 0.6) is 5.75 Å². The third-order valence-corrected chi connectivity index (χ3v) is 7.35. The van der Waals surface area contributed by atoms with E-state index >= 15 is 0 Å². The molecule has 0 unspecified atom stereocenters. The summed E-state index contributed by atoms with van der Waals surface area (Å²) in [7, 11) is 0. The Morgan fingerprint density at radius 3 is 2.41 bits per heavy atom. The summed E-state index contributed by atoms with van der Waals surface area (Å²) in [5.41, 5.74) is 1.56. The van der Waals surface area contributed by atoms with Crippen LogP contribution in [-0.4, -0.2) is 44.1 Å². The number of nitrogens with one attached hydrogen (secondary N) is 1. The molecule has 1 heterocycles. The number of nitrogens with zero attached hydrogens (tertiary/aromatic N) is 1. The number of benzene rings is 1. The summed E-state index contributed by atoms with van der Waals surface area (Å²) in [6.07, 6.45) is 2.16. The van der Waals surface area contributed by atoms with Gasteiger partial charge in [-0.3, -0.25) is 0 Å². The maximum Gasteiger partial charge on any atom is 0.410 e. The number of phenols is 1. The van der Waals surface area contributed by atoms with Crippen molar-refractivity contribution in [3.63, 3.8) is 0 Å². The van der Waals surface area contributed by atoms with Crippen LogP contribution >= 0.6 is 0 Å². The van der Waals surface area contributed by atoms with E-state index in [2.05, 4.69) is 4.72 Å². The second kappa shape index (κ2) is 7.67. The predicted octanol–water partition coefficient (Wildman–Crippen LogP) is 4.06. The fourth-order valence-corrected chi connectivity index (χ4v) is 5.17. The second-order valence-corrected chi connectivity index (χ2v) is 12.3. The van der Waals surface area contributed by atoms with E-state index in [9.17, 15) is 14.5 Å². The zero-order valence-electron chi connectivity index (χ0n) is 18.4. The van der Waals surface area contributed by atoms with Gasteiger partial charge in [-0.25, -0.2) is 4.79 Å². The summed E-state index contributed by atoms with van der Waals surface area (Å²) < 4.78 is 21.4. The molecule has 0 bridgehead atoms. The van der Waals surface area contributed by atoms with Gasteiger partial charge in [0.2, 0.25) is 0 Å². The van der Waals surface area contributed by atoms with Gasteiger partial charge in [-0.2, -0.15) is 0 Å². The fourth-order valence-electron chi connectivity index (χ4n) is 4.22. The molecule has 7 heteroatoms. The van der Waals surface area contributed by atoms with E-state index in [0.717, 1.165) is 24.8 Å². The highest BCUT2D eigenvalue weighted by molar-refractivity contribution is 7.90. The number of amides is 1. The Kier molecular flexibility index (Phi) is 5.89. The number of hydrogen-bond acceptors (Lipinski definition) is 5. The van der Waals surface area contributed by atoms with Crippen molar-refractivity contribution in [1.82, 2.24) is 9.62 Å². The minimum Gasteiger partial charge on any atom is -0.598 e. The molecule has 1 fully saturated rings. The number of rotatable bonds is 2. The highest BCUT2D eigenvalue weighted by atomic mass is 32.2. The molecule has 1 aliphatic carbocycles. The standard InChI is InChI=1S/C22H34N2O4S/c1-20(2,3)28-19(26)24-11-9-22(10-12-24)14-15-7-8-16(25)13-17(15)18(22)23-29(27)21(4,5)6/h7-8,13,18,23,25H,9-12,14H2,1-6H3/t18-,29-/m1/s1. The summed E-state index contributed by atoms with van der Waals surface area (Å²) in [5.74, 6) is 0.223. The number of carbonyl (C=O) groups is 1. The highest BCUT2D eigenvalue weighted by Gasteiger charge is 2.51. The summed E-state index contributed by atoms with van der Waals surface area (Å²) in [4.78, 5) is 14.2. The molecule has 162 valence electrons. The molecule has 1 amide bonds. The summed E-state index contributed by atoms with van der Waals surface area (Å²) in [6, 6.07) is 5.35. The molecule has 1 aromatic carbocycles. The highest BCUT2D eigenvalue weighted by Crippen LogP contribution is 2.53. The fraction of sp³-hybridized carbons (Fsp3) is 0.682. The Labute approximate surface area is 177 Å². The van der Waals surface area contributed by atoms with Gasteiger partial charge in [0.15, 0.2) is 0 Å². The van der Waals surface area contributed by atoms with Crippen molar-refractivity contribution < 1.29 is 19.2 Å². The molecule has 6 nitrogen and oxygen atoms in total. The van der Waals surface area contributed by atoms with Crippen LogP contribution in [0.1, 0.15) is 71.6 Å². The molecule has 0 radical (unpaired) electrons. The first-order valence-electron chi connectivity index (χ1n) is 10.3. The number of hydrogen-bond donors (Lipinski definition) is 2. The third-order valence-electron chi connectivity index (χ3n) is 5.79. The van der Waals surface area contributed by atoms with Gasteiger partial charge in [-0.1, -0.05) is 6.07 Å². The van der Waals surface area contributed by atoms with Gasteiger partial charge in [0.05, 0.1) is 6.04 Å². The molecule has 0 aromatic heterocycles. The second-order valence-electron chi connectivity index (χ2n) is 10.3. The maximum atomic E-state index is 12.9. The van der Waals surface area contributed by atoms with Crippen LogP contribution in [0, 0.1) is 5.41 Å². The van der Waals surface area contributed by atoms with Crippen LogP contribution in [0.4, 0.5) is 4.79 Å². The first-order valence-corrected chi connectivity index (χ1v) is 11.4. The lowest BCUT2D eigenvalue weighted by Gasteiger charge is -2.43. The van der Waals surface area contributed by atoms with Crippen molar-refractivity contribution in [2.24, 2.45) is 5.41 Å². The van der Waals surface area contributed by atoms with Crippen molar-refractivity contribution in [3.05, 3.63) is 29.3 Å². The quantitative estimate of drug-likeness (QED) is 0.702. The molecule has 2 aliphatic rings. The average molecular weight is 423 g/mol. The van der Waals surface area contributed by atoms with Crippen LogP contribution < -0.4 is 4.72 Å². The largest absolute Gasteiger partial charge is 0.598 e. The zero-order chi connectivity index (χ0) is 21.6. The van der Waals surface area contributed by atoms with Crippen molar-refractivity contribution >= 4 is 17.5 Å². The van der Waals surface area contributed by atoms with E-state index in [4.69, 9.17) is 4.74 Å². The summed E-state index contributed by atoms with van der Waals surface area (Å²) in [5, 5.41) is 10.0. The van der Waals surface area contributed by atoms with Crippen LogP contribution in [0.15, 0.2) is 18.2 Å². The Bertz CT molecular complexity index is 761. The molecule has 2 atom stereocenters. The monoisotopic (exact) mass is 422 g/mol. The van der Waals surface area contributed by atoms with Crippen LogP contribution in [0.3, 0.4) is 0 Å². The molecule has 1 aromatic rings. The van der Waals surface area contributed by atoms with Gasteiger partial charge in [-0.05, 0) is 84.1 Å². The SMILES string of the molecule is CC(C)(C)OC(=O)N1CCC2(CC1)Cc1ccc(O)cc1[C@H]2N[S@+]([O-])C(C)(C)C. The number of phenolic OH excluding ortho intramolecular Hbond substituents is 1. The molecular formula is C22H34N2O4S. The maximum absolute atomic E-state index is 12.9. The minimum absolute atomic E-state index is 0.120. The number of aromatic hydroxyl groups is 1. The van der Waals surface area contributed by atoms with Gasteiger partial charge in [0, 0.05) is 29.9 Å². The molecule has 1 spiro atoms. The van der Waals surface area contributed by atoms with E-state index in [1.165, 1.54) is 5.56 Å². The molecule has 1 aliphatic heterocycles. The number of likely N-dealkylation sites (tertiary alicyclic amines) is 1. The van der Waals surface area contributed by atoms with E-state index in [-0.39, 0.29) is 23.3 Å². The molecule has 0 saturated carbocycles. The topological polar surface area (TPSA) is 84.9 Å². The predicted molar refractivity (Wildman–Crippen MR) is 115 cm³/mol. The normalized spacial score (nSPS) is 22.4. The summed E-state index contributed by atoms with van der Waals surface area (Å²) >= 11 is -1.24. The molecule has 3 rings (SSSR count). The molecule has 29 heavy (non-hydrogen) atoms. The first kappa shape index (κ1) is 22.2. The lowest BCUT2D eigenvalue weighted by atomic mass is 9.73. The Morgan fingerprint density at radius 1 is 1.24 bits per heavy atom. The average Bonchev–Trinajstić information content (AvgIpc) is 2.86. The summed E-state index contributed by atoms with van der Waals surface area (Å²) in [6.45, 7) is 12.7. The van der Waals surface area contributed by atoms with Gasteiger partial charge in [-0.15, -0.1) is 4.72 Å². The van der Waals surface area contributed by atoms with Gasteiger partial charge >= 0.3 is 6.09 Å². The lowest BCUT2D eigenvalue weighted by Crippen LogP contribution is -2.51. The third kappa shape index (κ3) is 4.84. The zero-order valence-corrected chi connectivity index (χ0v) is 19.2. The number of piperidine rings is 1. The van der Waals surface area contributed by atoms with Crippen LogP contribution in [0.25, 0.3) is 0 Å². The Morgan fingerprint density at radius 2 is 1.86 bits per heavy atom. The minimum atomic E-state index is -1.24. The Balaban J connectivity index is 1.81. The van der Waals surface area contributed by atoms with Crippen molar-refractivity contribution in [2.45, 2.75) is 77.2 Å². The van der Waals surface area contributed by atoms with Crippen LogP contribution in [0.2, 0.25) is 0 Å². The molecule has 1 saturated heterocycles. The first-order chi connectivity index (χ1) is 13.3. The van der Waals surface area contributed by atoms with Gasteiger partial charge in [0.25, 0.3) is 0 Å². The van der Waals surface area contributed by atoms with Crippen molar-refractivity contribution in [2.75, 3.05) is 13.1 Å². The van der Waals surface area contributed by atoms with Gasteiger partial charge < -0.3 is 19.3 Å². The van der Waals surface area contributed by atoms with E-state index in [1.807, 2.05) is 47.6 Å². The van der Waals surface area contributed by atoms with Crippen molar-refractivity contribution in [1.29, 1.82) is 0 Å². The Hall–Kier alpha value is -1.44. The number of carbonyl (C=O) groups excluding carboxylic acids is 1. The smallest absolute Gasteiger partial charge is 0.410 e. The van der Waals surface area contributed by atoms with E-state index in [1.54, 1.807) is 17.0 Å². The van der Waals surface area contributed by atoms with E-state index < -0.39 is 21.7 Å². The van der Waals surface area contributed by atoms with Crippen molar-refractivity contribution in [3.8, 4) is 5.75 Å². The van der Waals surface area contributed by atoms with Gasteiger partial charge in [0.1, 0.15) is 16.1 Å². The lowest BCUT2D eigenvalue weighted by molar-refractivity contribution is 0.00716. The van der Waals surface area contributed by atoms with E-state index in [0.29, 0.717) is 13.1 Å². The van der Waals surface area contributed by atoms with Crippen LogP contribution in [-0.2, 0) is 22.5 Å². The number of ether oxygens (including phenoxy) is 1.